The second-order valence-electron chi connectivity index (χ2n) is 4.79. The van der Waals surface area contributed by atoms with Crippen LogP contribution in [0.3, 0.4) is 0 Å². The van der Waals surface area contributed by atoms with Gasteiger partial charge in [0.25, 0.3) is 0 Å². The molecule has 0 saturated carbocycles. The molecule has 1 aromatic carbocycles. The number of benzene rings is 1. The lowest BCUT2D eigenvalue weighted by molar-refractivity contribution is -0.116. The molecule has 2 rings (SSSR count). The van der Waals surface area contributed by atoms with Gasteiger partial charge >= 0.3 is 0 Å². The van der Waals surface area contributed by atoms with Gasteiger partial charge < -0.3 is 20.1 Å². The molecule has 1 aromatic heterocycles. The largest absolute Gasteiger partial charge is 0.495 e. The van der Waals surface area contributed by atoms with Crippen molar-refractivity contribution < 1.29 is 14.3 Å². The molecule has 23 heavy (non-hydrogen) atoms. The van der Waals surface area contributed by atoms with Crippen LogP contribution in [0.2, 0.25) is 5.02 Å². The van der Waals surface area contributed by atoms with Crippen molar-refractivity contribution in [3.05, 3.63) is 41.6 Å². The molecule has 0 unspecified atom stereocenters. The molecule has 6 nitrogen and oxygen atoms in total. The smallest absolute Gasteiger partial charge is 0.246 e. The van der Waals surface area contributed by atoms with E-state index in [0.717, 1.165) is 0 Å². The molecule has 0 aliphatic carbocycles. The van der Waals surface area contributed by atoms with Gasteiger partial charge in [0, 0.05) is 11.1 Å². The molecule has 0 aliphatic heterocycles. The number of amides is 1. The highest BCUT2D eigenvalue weighted by Crippen LogP contribution is 2.27. The van der Waals surface area contributed by atoms with Crippen molar-refractivity contribution in [3.63, 3.8) is 0 Å². The van der Waals surface area contributed by atoms with Gasteiger partial charge in [-0.05, 0) is 31.2 Å². The third-order valence-electron chi connectivity index (χ3n) is 3.14. The SMILES string of the molecule is COc1ccc(N[C@H](C)C(=O)Nc2cc(Cl)ccc2OC)cn1. The minimum atomic E-state index is -0.478. The van der Waals surface area contributed by atoms with Gasteiger partial charge in [-0.3, -0.25) is 4.79 Å². The molecule has 0 radical (unpaired) electrons. The molecule has 1 atom stereocenters. The van der Waals surface area contributed by atoms with Crippen molar-refractivity contribution in [2.45, 2.75) is 13.0 Å². The number of hydrogen-bond acceptors (Lipinski definition) is 5. The van der Waals surface area contributed by atoms with Crippen molar-refractivity contribution >= 4 is 28.9 Å². The van der Waals surface area contributed by atoms with E-state index in [1.807, 2.05) is 0 Å². The van der Waals surface area contributed by atoms with Gasteiger partial charge in [-0.2, -0.15) is 0 Å². The van der Waals surface area contributed by atoms with Crippen LogP contribution < -0.4 is 20.1 Å². The number of carbonyl (C=O) groups is 1. The summed E-state index contributed by atoms with van der Waals surface area (Å²) >= 11 is 5.95. The number of pyridine rings is 1. The molecule has 0 fully saturated rings. The number of carbonyl (C=O) groups excluding carboxylic acids is 1. The van der Waals surface area contributed by atoms with E-state index < -0.39 is 6.04 Å². The van der Waals surface area contributed by atoms with Crippen molar-refractivity contribution in [2.24, 2.45) is 0 Å². The van der Waals surface area contributed by atoms with Crippen molar-refractivity contribution in [1.82, 2.24) is 4.98 Å². The van der Waals surface area contributed by atoms with Gasteiger partial charge in [0.2, 0.25) is 11.8 Å². The Hall–Kier alpha value is -2.47. The van der Waals surface area contributed by atoms with Crippen LogP contribution >= 0.6 is 11.6 Å². The zero-order valence-corrected chi connectivity index (χ0v) is 13.8. The minimum absolute atomic E-state index is 0.221. The van der Waals surface area contributed by atoms with Crippen LogP contribution in [-0.2, 0) is 4.79 Å². The number of nitrogens with one attached hydrogen (secondary N) is 2. The lowest BCUT2D eigenvalue weighted by atomic mass is 10.2. The van der Waals surface area contributed by atoms with Gasteiger partial charge in [0.1, 0.15) is 11.8 Å². The Morgan fingerprint density at radius 1 is 1.22 bits per heavy atom. The second kappa shape index (κ2) is 7.69. The average molecular weight is 336 g/mol. The summed E-state index contributed by atoms with van der Waals surface area (Å²) in [7, 11) is 3.08. The minimum Gasteiger partial charge on any atom is -0.495 e. The predicted molar refractivity (Wildman–Crippen MR) is 90.5 cm³/mol. The monoisotopic (exact) mass is 335 g/mol. The fraction of sp³-hybridized carbons (Fsp3) is 0.250. The van der Waals surface area contributed by atoms with Crippen LogP contribution in [0.4, 0.5) is 11.4 Å². The van der Waals surface area contributed by atoms with Crippen LogP contribution in [0.15, 0.2) is 36.5 Å². The van der Waals surface area contributed by atoms with E-state index in [9.17, 15) is 4.79 Å². The first-order valence-corrected chi connectivity index (χ1v) is 7.32. The third-order valence-corrected chi connectivity index (χ3v) is 3.38. The van der Waals surface area contributed by atoms with Crippen LogP contribution in [-0.4, -0.2) is 31.2 Å². The first-order chi connectivity index (χ1) is 11.0. The first-order valence-electron chi connectivity index (χ1n) is 6.94. The Kier molecular flexibility index (Phi) is 5.65. The molecule has 2 N–H and O–H groups in total. The van der Waals surface area contributed by atoms with Crippen LogP contribution in [0.25, 0.3) is 0 Å². The number of ether oxygens (including phenoxy) is 2. The van der Waals surface area contributed by atoms with E-state index in [-0.39, 0.29) is 5.91 Å². The normalized spacial score (nSPS) is 11.5. The van der Waals surface area contributed by atoms with Gasteiger partial charge in [-0.25, -0.2) is 4.98 Å². The molecule has 0 spiro atoms. The highest BCUT2D eigenvalue weighted by molar-refractivity contribution is 6.31. The first kappa shape index (κ1) is 16.9. The van der Waals surface area contributed by atoms with Gasteiger partial charge in [0.15, 0.2) is 0 Å². The van der Waals surface area contributed by atoms with Gasteiger partial charge in [-0.15, -0.1) is 0 Å². The zero-order chi connectivity index (χ0) is 16.8. The van der Waals surface area contributed by atoms with Crippen LogP contribution in [0, 0.1) is 0 Å². The molecule has 1 heterocycles. The summed E-state index contributed by atoms with van der Waals surface area (Å²) in [6.45, 7) is 1.75. The molecular formula is C16H18ClN3O3. The number of halogens is 1. The maximum atomic E-state index is 12.3. The summed E-state index contributed by atoms with van der Waals surface area (Å²) in [5.41, 5.74) is 1.23. The fourth-order valence-electron chi connectivity index (χ4n) is 1.92. The molecular weight excluding hydrogens is 318 g/mol. The summed E-state index contributed by atoms with van der Waals surface area (Å²) < 4.78 is 10.2. The van der Waals surface area contributed by atoms with Gasteiger partial charge in [0.05, 0.1) is 31.8 Å². The lowest BCUT2D eigenvalue weighted by Crippen LogP contribution is -2.32. The molecule has 7 heteroatoms. The van der Waals surface area contributed by atoms with Crippen molar-refractivity contribution in [3.8, 4) is 11.6 Å². The average Bonchev–Trinajstić information content (AvgIpc) is 2.55. The van der Waals surface area contributed by atoms with Crippen molar-refractivity contribution in [1.29, 1.82) is 0 Å². The summed E-state index contributed by atoms with van der Waals surface area (Å²) in [6, 6.07) is 8.06. The maximum absolute atomic E-state index is 12.3. The summed E-state index contributed by atoms with van der Waals surface area (Å²) in [5, 5.41) is 6.37. The number of nitrogens with zero attached hydrogens (tertiary/aromatic N) is 1. The third kappa shape index (κ3) is 4.50. The molecule has 0 saturated heterocycles. The van der Waals surface area contributed by atoms with Gasteiger partial charge in [-0.1, -0.05) is 11.6 Å². The van der Waals surface area contributed by atoms with E-state index in [4.69, 9.17) is 21.1 Å². The fourth-order valence-corrected chi connectivity index (χ4v) is 2.09. The second-order valence-corrected chi connectivity index (χ2v) is 5.23. The Morgan fingerprint density at radius 2 is 2.00 bits per heavy atom. The van der Waals surface area contributed by atoms with E-state index in [2.05, 4.69) is 15.6 Å². The topological polar surface area (TPSA) is 72.5 Å². The Bertz CT molecular complexity index is 677. The Morgan fingerprint density at radius 3 is 2.61 bits per heavy atom. The number of rotatable bonds is 6. The van der Waals surface area contributed by atoms with E-state index in [1.54, 1.807) is 50.6 Å². The zero-order valence-electron chi connectivity index (χ0n) is 13.1. The van der Waals surface area contributed by atoms with E-state index in [0.29, 0.717) is 28.0 Å². The molecule has 0 aliphatic rings. The number of anilines is 2. The van der Waals surface area contributed by atoms with Crippen LogP contribution in [0.1, 0.15) is 6.92 Å². The quantitative estimate of drug-likeness (QED) is 0.848. The van der Waals surface area contributed by atoms with E-state index >= 15 is 0 Å². The molecule has 0 bridgehead atoms. The highest BCUT2D eigenvalue weighted by atomic mass is 35.5. The summed E-state index contributed by atoms with van der Waals surface area (Å²) in [4.78, 5) is 16.4. The molecule has 1 amide bonds. The highest BCUT2D eigenvalue weighted by Gasteiger charge is 2.15. The summed E-state index contributed by atoms with van der Waals surface area (Å²) in [5.74, 6) is 0.832. The number of aromatic nitrogens is 1. The summed E-state index contributed by atoms with van der Waals surface area (Å²) in [6.07, 6.45) is 1.60. The van der Waals surface area contributed by atoms with Crippen LogP contribution in [0.5, 0.6) is 11.6 Å². The van der Waals surface area contributed by atoms with Crippen molar-refractivity contribution in [2.75, 3.05) is 24.9 Å². The maximum Gasteiger partial charge on any atom is 0.246 e. The number of hydrogen-bond donors (Lipinski definition) is 2. The molecule has 2 aromatic rings. The van der Waals surface area contributed by atoms with E-state index in [1.165, 1.54) is 7.11 Å². The standard InChI is InChI=1S/C16H18ClN3O3/c1-10(19-12-5-7-15(23-3)18-9-12)16(21)20-13-8-11(17)4-6-14(13)22-2/h4-10,19H,1-3H3,(H,20,21)/t10-/m1/s1. The molecule has 122 valence electrons. The Balaban J connectivity index is 2.03. The number of methoxy groups -OCH3 is 2. The lowest BCUT2D eigenvalue weighted by Gasteiger charge is -2.16. The predicted octanol–water partition coefficient (Wildman–Crippen LogP) is 3.19. The Labute approximate surface area is 139 Å².